The fraction of sp³-hybridized carbons (Fsp3) is 0.917. The fourth-order valence-corrected chi connectivity index (χ4v) is 3.33. The van der Waals surface area contributed by atoms with Gasteiger partial charge in [0.15, 0.2) is 0 Å². The van der Waals surface area contributed by atoms with E-state index in [9.17, 15) is 0 Å². The highest BCUT2D eigenvalue weighted by Gasteiger charge is 2.77. The summed E-state index contributed by atoms with van der Waals surface area (Å²) in [6.07, 6.45) is 2.90. The van der Waals surface area contributed by atoms with Crippen molar-refractivity contribution < 1.29 is 9.31 Å². The number of hydrogen-bond acceptors (Lipinski definition) is 3. The molecule has 2 bridgehead atoms. The summed E-state index contributed by atoms with van der Waals surface area (Å²) in [6, 6.07) is 2.42. The molecule has 3 saturated carbocycles. The van der Waals surface area contributed by atoms with E-state index in [4.69, 9.17) is 14.6 Å². The molecule has 86 valence electrons. The highest BCUT2D eigenvalue weighted by molar-refractivity contribution is 6.51. The van der Waals surface area contributed by atoms with Gasteiger partial charge < -0.3 is 9.31 Å². The lowest BCUT2D eigenvalue weighted by Gasteiger charge is -2.67. The number of rotatable bonds is 1. The lowest BCUT2D eigenvalue weighted by atomic mass is 9.24. The van der Waals surface area contributed by atoms with Gasteiger partial charge in [-0.2, -0.15) is 5.26 Å². The van der Waals surface area contributed by atoms with Gasteiger partial charge in [0.25, 0.3) is 0 Å². The molecule has 0 N–H and O–H groups in total. The normalized spacial score (nSPS) is 46.8. The van der Waals surface area contributed by atoms with Gasteiger partial charge in [0, 0.05) is 5.31 Å². The van der Waals surface area contributed by atoms with Gasteiger partial charge in [0.2, 0.25) is 0 Å². The molecule has 0 atom stereocenters. The first-order valence-corrected chi connectivity index (χ1v) is 6.01. The second kappa shape index (κ2) is 2.49. The van der Waals surface area contributed by atoms with E-state index in [1.54, 1.807) is 0 Å². The Morgan fingerprint density at radius 1 is 1.00 bits per heavy atom. The van der Waals surface area contributed by atoms with Crippen LogP contribution in [0.1, 0.15) is 47.0 Å². The van der Waals surface area contributed by atoms with E-state index in [1.807, 2.05) is 0 Å². The fourth-order valence-electron chi connectivity index (χ4n) is 3.33. The van der Waals surface area contributed by atoms with E-state index >= 15 is 0 Å². The van der Waals surface area contributed by atoms with E-state index in [2.05, 4.69) is 33.8 Å². The largest absolute Gasteiger partial charge is 0.464 e. The maximum atomic E-state index is 9.01. The van der Waals surface area contributed by atoms with Crippen molar-refractivity contribution in [2.45, 2.75) is 63.5 Å². The third-order valence-corrected chi connectivity index (χ3v) is 5.06. The maximum Gasteiger partial charge on any atom is 0.464 e. The molecule has 1 aliphatic heterocycles. The minimum absolute atomic E-state index is 0.0242. The smallest absolute Gasteiger partial charge is 0.403 e. The van der Waals surface area contributed by atoms with Crippen molar-refractivity contribution in [3.63, 3.8) is 0 Å². The highest BCUT2D eigenvalue weighted by Crippen LogP contribution is 2.80. The van der Waals surface area contributed by atoms with E-state index in [-0.39, 0.29) is 29.0 Å². The van der Waals surface area contributed by atoms with E-state index < -0.39 is 0 Å². The van der Waals surface area contributed by atoms with Crippen LogP contribution in [0, 0.1) is 16.7 Å². The van der Waals surface area contributed by atoms with Gasteiger partial charge in [-0.3, -0.25) is 0 Å². The zero-order valence-electron chi connectivity index (χ0n) is 10.5. The maximum absolute atomic E-state index is 9.01. The first-order valence-electron chi connectivity index (χ1n) is 6.01. The molecule has 4 heteroatoms. The number of hydrogen-bond donors (Lipinski definition) is 0. The summed E-state index contributed by atoms with van der Waals surface area (Å²) in [6.45, 7) is 8.33. The lowest BCUT2D eigenvalue weighted by molar-refractivity contribution is -0.0610. The molecule has 0 aromatic heterocycles. The Balaban J connectivity index is 1.76. The van der Waals surface area contributed by atoms with Gasteiger partial charge in [-0.25, -0.2) is 0 Å². The highest BCUT2D eigenvalue weighted by atomic mass is 16.7. The van der Waals surface area contributed by atoms with E-state index in [1.165, 1.54) is 0 Å². The predicted octanol–water partition coefficient (Wildman–Crippen LogP) is 2.53. The third kappa shape index (κ3) is 1.01. The Morgan fingerprint density at radius 3 is 1.81 bits per heavy atom. The molecule has 4 aliphatic rings. The van der Waals surface area contributed by atoms with Gasteiger partial charge in [0.05, 0.1) is 22.7 Å². The van der Waals surface area contributed by atoms with Crippen LogP contribution in [0.15, 0.2) is 0 Å². The summed E-state index contributed by atoms with van der Waals surface area (Å²) in [5.74, 6) is 0. The van der Waals surface area contributed by atoms with Crippen molar-refractivity contribution in [1.82, 2.24) is 0 Å². The quantitative estimate of drug-likeness (QED) is 0.636. The summed E-state index contributed by atoms with van der Waals surface area (Å²) in [5, 5.41) is 9.17. The van der Waals surface area contributed by atoms with Crippen molar-refractivity contribution >= 4 is 7.12 Å². The van der Waals surface area contributed by atoms with Crippen molar-refractivity contribution in [3.05, 3.63) is 0 Å². The molecule has 0 unspecified atom stereocenters. The van der Waals surface area contributed by atoms with E-state index in [0.29, 0.717) is 0 Å². The van der Waals surface area contributed by atoms with Gasteiger partial charge in [-0.05, 0) is 47.0 Å². The monoisotopic (exact) mass is 219 g/mol. The van der Waals surface area contributed by atoms with Crippen LogP contribution < -0.4 is 0 Å². The molecule has 0 aromatic carbocycles. The minimum atomic E-state index is -0.243. The van der Waals surface area contributed by atoms with Crippen LogP contribution in [0.3, 0.4) is 0 Å². The van der Waals surface area contributed by atoms with Crippen LogP contribution in [0.5, 0.6) is 0 Å². The molecule has 0 aromatic rings. The topological polar surface area (TPSA) is 42.2 Å². The molecule has 3 aliphatic carbocycles. The molecule has 3 nitrogen and oxygen atoms in total. The van der Waals surface area contributed by atoms with Crippen LogP contribution in [0.4, 0.5) is 0 Å². The van der Waals surface area contributed by atoms with Crippen LogP contribution in [0.2, 0.25) is 5.31 Å². The van der Waals surface area contributed by atoms with Crippen LogP contribution in [-0.2, 0) is 9.31 Å². The first kappa shape index (κ1) is 10.6. The molecule has 16 heavy (non-hydrogen) atoms. The predicted molar refractivity (Wildman–Crippen MR) is 60.7 cm³/mol. The summed E-state index contributed by atoms with van der Waals surface area (Å²) < 4.78 is 12.1. The van der Waals surface area contributed by atoms with Gasteiger partial charge >= 0.3 is 7.12 Å². The molecular weight excluding hydrogens is 201 g/mol. The number of nitriles is 1. The molecule has 0 amide bonds. The van der Waals surface area contributed by atoms with Crippen LogP contribution in [0.25, 0.3) is 0 Å². The summed E-state index contributed by atoms with van der Waals surface area (Å²) in [7, 11) is -0.104. The van der Waals surface area contributed by atoms with Crippen molar-refractivity contribution in [2.75, 3.05) is 0 Å². The second-order valence-corrected chi connectivity index (χ2v) is 6.87. The molecule has 4 rings (SSSR count). The summed E-state index contributed by atoms with van der Waals surface area (Å²) in [4.78, 5) is 0. The summed E-state index contributed by atoms with van der Waals surface area (Å²) >= 11 is 0. The average molecular weight is 219 g/mol. The van der Waals surface area contributed by atoms with Gasteiger partial charge in [-0.1, -0.05) is 0 Å². The zero-order valence-corrected chi connectivity index (χ0v) is 10.5. The Morgan fingerprint density at radius 2 is 1.44 bits per heavy atom. The molecule has 1 heterocycles. The van der Waals surface area contributed by atoms with E-state index in [0.717, 1.165) is 19.3 Å². The van der Waals surface area contributed by atoms with Crippen molar-refractivity contribution in [2.24, 2.45) is 5.41 Å². The molecular formula is C12H18BNO2. The van der Waals surface area contributed by atoms with Gasteiger partial charge in [-0.15, -0.1) is 0 Å². The van der Waals surface area contributed by atoms with Crippen molar-refractivity contribution in [1.29, 1.82) is 5.26 Å². The third-order valence-electron chi connectivity index (χ3n) is 5.06. The molecule has 0 spiro atoms. The summed E-state index contributed by atoms with van der Waals surface area (Å²) in [5.41, 5.74) is -0.511. The lowest BCUT2D eigenvalue weighted by Crippen LogP contribution is -2.63. The number of nitrogens with zero attached hydrogens (tertiary/aromatic N) is 1. The Hall–Kier alpha value is -0.525. The SMILES string of the molecule is CC1(C)OB(C23CC(C#N)(C2)C3)OC1(C)C. The standard InChI is InChI=1S/C12H18BNO2/c1-9(2)10(3,4)16-13(15-9)12-5-11(6-12,7-12)8-14/h5-7H2,1-4H3. The van der Waals surface area contributed by atoms with Crippen LogP contribution in [-0.4, -0.2) is 18.3 Å². The van der Waals surface area contributed by atoms with Gasteiger partial charge in [0.1, 0.15) is 0 Å². The Bertz CT molecular complexity index is 361. The Kier molecular flexibility index (Phi) is 1.65. The molecule has 0 radical (unpaired) electrons. The second-order valence-electron chi connectivity index (χ2n) is 6.87. The first-order chi connectivity index (χ1) is 7.24. The van der Waals surface area contributed by atoms with Crippen LogP contribution >= 0.6 is 0 Å². The zero-order chi connectivity index (χ0) is 11.8. The minimum Gasteiger partial charge on any atom is -0.403 e. The Labute approximate surface area is 97.2 Å². The molecule has 1 saturated heterocycles. The molecule has 4 fully saturated rings. The average Bonchev–Trinajstić information content (AvgIpc) is 2.16. The van der Waals surface area contributed by atoms with Crippen molar-refractivity contribution in [3.8, 4) is 6.07 Å².